The Morgan fingerprint density at radius 2 is 1.97 bits per heavy atom. The van der Waals surface area contributed by atoms with Crippen LogP contribution in [0.15, 0.2) is 29.1 Å². The van der Waals surface area contributed by atoms with Crippen LogP contribution in [0.4, 0.5) is 0 Å². The molecule has 3 N–H and O–H groups in total. The van der Waals surface area contributed by atoms with Gasteiger partial charge in [-0.3, -0.25) is 4.79 Å². The lowest BCUT2D eigenvalue weighted by molar-refractivity contribution is -0.172. The molecule has 34 heavy (non-hydrogen) atoms. The summed E-state index contributed by atoms with van der Waals surface area (Å²) in [4.78, 5) is 30.8. The normalized spacial score (nSPS) is 19.9. The molecule has 5 heterocycles. The molecule has 3 aliphatic rings. The summed E-state index contributed by atoms with van der Waals surface area (Å²) in [6.07, 6.45) is 4.80. The van der Waals surface area contributed by atoms with Crippen molar-refractivity contribution in [3.05, 3.63) is 56.9 Å². The molecule has 0 aliphatic carbocycles. The van der Waals surface area contributed by atoms with Crippen LogP contribution in [0.5, 0.6) is 11.5 Å². The zero-order chi connectivity index (χ0) is 23.6. The van der Waals surface area contributed by atoms with E-state index in [1.165, 1.54) is 0 Å². The number of nitrogens with zero attached hydrogens (tertiary/aromatic N) is 2. The molecule has 9 heteroatoms. The van der Waals surface area contributed by atoms with Crippen LogP contribution < -0.4 is 20.8 Å². The summed E-state index contributed by atoms with van der Waals surface area (Å²) in [6, 6.07) is 5.45. The van der Waals surface area contributed by atoms with Gasteiger partial charge in [0.05, 0.1) is 29.0 Å². The van der Waals surface area contributed by atoms with Crippen LogP contribution in [-0.2, 0) is 28.3 Å². The molecule has 2 aromatic heterocycles. The molecule has 0 bridgehead atoms. The molecule has 3 aromatic rings. The molecule has 0 spiro atoms. The van der Waals surface area contributed by atoms with Crippen LogP contribution in [0.3, 0.4) is 0 Å². The second-order valence-electron chi connectivity index (χ2n) is 8.66. The standard InChI is InChI=1S/C25H23N3O6/c1-2-25(31)17-8-19-22-15(10-28(19)23(29)16(17)11-32-24(25)30)13(5-3-4-6-26)14-7-20-21(34-12-33-20)9-18(14)27-22/h3,5,7-9,31H,2,4,6,10-12,26H2,1H3/b5-3+/t25-/m0/s1. The van der Waals surface area contributed by atoms with Crippen molar-refractivity contribution in [3.8, 4) is 22.9 Å². The first-order valence-corrected chi connectivity index (χ1v) is 11.3. The molecule has 9 nitrogen and oxygen atoms in total. The van der Waals surface area contributed by atoms with Crippen LogP contribution in [0.1, 0.15) is 42.0 Å². The molecule has 3 aliphatic heterocycles. The van der Waals surface area contributed by atoms with Gasteiger partial charge in [0.2, 0.25) is 6.79 Å². The van der Waals surface area contributed by atoms with Crippen LogP contribution in [0.2, 0.25) is 0 Å². The predicted molar refractivity (Wildman–Crippen MR) is 123 cm³/mol. The summed E-state index contributed by atoms with van der Waals surface area (Å²) in [5.74, 6) is 0.518. The average Bonchev–Trinajstić information content (AvgIpc) is 3.44. The maximum Gasteiger partial charge on any atom is 0.343 e. The Bertz CT molecular complexity index is 1470. The zero-order valence-corrected chi connectivity index (χ0v) is 18.6. The van der Waals surface area contributed by atoms with Crippen molar-refractivity contribution in [2.45, 2.75) is 38.5 Å². The van der Waals surface area contributed by atoms with Crippen molar-refractivity contribution in [1.82, 2.24) is 9.55 Å². The van der Waals surface area contributed by atoms with Crippen molar-refractivity contribution in [1.29, 1.82) is 0 Å². The lowest BCUT2D eigenvalue weighted by atomic mass is 9.86. The topological polar surface area (TPSA) is 126 Å². The third-order valence-corrected chi connectivity index (χ3v) is 6.84. The smallest absolute Gasteiger partial charge is 0.343 e. The molecule has 6 rings (SSSR count). The molecule has 174 valence electrons. The fourth-order valence-corrected chi connectivity index (χ4v) is 4.99. The quantitative estimate of drug-likeness (QED) is 0.443. The Hall–Kier alpha value is -3.69. The van der Waals surface area contributed by atoms with E-state index < -0.39 is 11.6 Å². The maximum atomic E-state index is 13.5. The Morgan fingerprint density at radius 3 is 2.74 bits per heavy atom. The van der Waals surface area contributed by atoms with Gasteiger partial charge >= 0.3 is 5.97 Å². The van der Waals surface area contributed by atoms with Crippen molar-refractivity contribution in [2.24, 2.45) is 5.73 Å². The Kier molecular flexibility index (Phi) is 4.55. The molecule has 0 amide bonds. The lowest BCUT2D eigenvalue weighted by Gasteiger charge is -2.31. The van der Waals surface area contributed by atoms with Crippen LogP contribution in [0, 0.1) is 0 Å². The van der Waals surface area contributed by atoms with E-state index in [0.29, 0.717) is 59.0 Å². The second kappa shape index (κ2) is 7.41. The van der Waals surface area contributed by atoms with E-state index in [1.807, 2.05) is 24.3 Å². The highest BCUT2D eigenvalue weighted by molar-refractivity contribution is 5.95. The molecular formula is C25H23N3O6. The van der Waals surface area contributed by atoms with Crippen LogP contribution in [0.25, 0.3) is 28.4 Å². The third kappa shape index (κ3) is 2.77. The third-order valence-electron chi connectivity index (χ3n) is 6.84. The van der Waals surface area contributed by atoms with Crippen LogP contribution >= 0.6 is 0 Å². The highest BCUT2D eigenvalue weighted by atomic mass is 16.7. The highest BCUT2D eigenvalue weighted by Gasteiger charge is 2.45. The minimum Gasteiger partial charge on any atom is -0.458 e. The fourth-order valence-electron chi connectivity index (χ4n) is 4.99. The van der Waals surface area contributed by atoms with Crippen molar-refractivity contribution < 1.29 is 24.1 Å². The Morgan fingerprint density at radius 1 is 1.18 bits per heavy atom. The summed E-state index contributed by atoms with van der Waals surface area (Å²) in [5.41, 5.74) is 7.82. The van der Waals surface area contributed by atoms with Gasteiger partial charge in [0.1, 0.15) is 6.61 Å². The van der Waals surface area contributed by atoms with Crippen molar-refractivity contribution >= 4 is 22.9 Å². The Balaban J connectivity index is 1.63. The van der Waals surface area contributed by atoms with Gasteiger partial charge in [0.15, 0.2) is 17.1 Å². The average molecular weight is 461 g/mol. The number of fused-ring (bicyclic) bond motifs is 6. The predicted octanol–water partition coefficient (Wildman–Crippen LogP) is 2.17. The van der Waals surface area contributed by atoms with E-state index in [-0.39, 0.29) is 25.4 Å². The molecule has 1 atom stereocenters. The molecular weight excluding hydrogens is 438 g/mol. The number of pyridine rings is 2. The SMILES string of the molecule is CC[C@@]1(O)C(=O)OCc2c1cc1n(c2=O)Cc2c-1nc1cc3c(cc1c2/C=C/CCN)OCO3. The number of carbonyl (C=O) groups excluding carboxylic acids is 1. The summed E-state index contributed by atoms with van der Waals surface area (Å²) in [7, 11) is 0. The van der Waals surface area contributed by atoms with Gasteiger partial charge < -0.3 is 29.6 Å². The van der Waals surface area contributed by atoms with Gasteiger partial charge in [-0.25, -0.2) is 9.78 Å². The number of carbonyl (C=O) groups is 1. The number of benzene rings is 1. The number of hydrogen-bond donors (Lipinski definition) is 2. The first-order chi connectivity index (χ1) is 16.5. The van der Waals surface area contributed by atoms with E-state index in [2.05, 4.69) is 0 Å². The second-order valence-corrected chi connectivity index (χ2v) is 8.66. The monoisotopic (exact) mass is 461 g/mol. The van der Waals surface area contributed by atoms with E-state index in [9.17, 15) is 14.7 Å². The van der Waals surface area contributed by atoms with Gasteiger partial charge in [-0.2, -0.15) is 0 Å². The molecule has 0 saturated carbocycles. The minimum atomic E-state index is -1.86. The van der Waals surface area contributed by atoms with Gasteiger partial charge in [0, 0.05) is 22.6 Å². The Labute approximate surface area is 194 Å². The molecule has 0 fully saturated rings. The summed E-state index contributed by atoms with van der Waals surface area (Å²) in [6.45, 7) is 2.51. The van der Waals surface area contributed by atoms with E-state index in [1.54, 1.807) is 17.6 Å². The summed E-state index contributed by atoms with van der Waals surface area (Å²) in [5, 5.41) is 12.0. The molecule has 0 saturated heterocycles. The van der Waals surface area contributed by atoms with E-state index >= 15 is 0 Å². The molecule has 0 unspecified atom stereocenters. The van der Waals surface area contributed by atoms with Gasteiger partial charge in [-0.05, 0) is 37.1 Å². The first kappa shape index (κ1) is 20.9. The summed E-state index contributed by atoms with van der Waals surface area (Å²) >= 11 is 0. The van der Waals surface area contributed by atoms with Crippen molar-refractivity contribution in [2.75, 3.05) is 13.3 Å². The number of aromatic nitrogens is 2. The number of cyclic esters (lactones) is 1. The van der Waals surface area contributed by atoms with E-state index in [4.69, 9.17) is 24.9 Å². The number of hydrogen-bond acceptors (Lipinski definition) is 8. The zero-order valence-electron chi connectivity index (χ0n) is 18.6. The van der Waals surface area contributed by atoms with Crippen molar-refractivity contribution in [3.63, 3.8) is 0 Å². The number of rotatable bonds is 4. The molecule has 1 aromatic carbocycles. The lowest BCUT2D eigenvalue weighted by Crippen LogP contribution is -2.44. The highest BCUT2D eigenvalue weighted by Crippen LogP contribution is 2.43. The van der Waals surface area contributed by atoms with Gasteiger partial charge in [0.25, 0.3) is 5.56 Å². The maximum absolute atomic E-state index is 13.5. The summed E-state index contributed by atoms with van der Waals surface area (Å²) < 4.78 is 17.9. The minimum absolute atomic E-state index is 0.0935. The van der Waals surface area contributed by atoms with Gasteiger partial charge in [-0.1, -0.05) is 19.1 Å². The number of ether oxygens (including phenoxy) is 3. The largest absolute Gasteiger partial charge is 0.458 e. The number of nitrogens with two attached hydrogens (primary N) is 1. The number of esters is 1. The molecule has 0 radical (unpaired) electrons. The van der Waals surface area contributed by atoms with Gasteiger partial charge in [-0.15, -0.1) is 0 Å². The number of aliphatic hydroxyl groups is 1. The fraction of sp³-hybridized carbons (Fsp3) is 0.320. The first-order valence-electron chi connectivity index (χ1n) is 11.3. The van der Waals surface area contributed by atoms with E-state index in [0.717, 1.165) is 16.5 Å². The van der Waals surface area contributed by atoms with Crippen LogP contribution in [-0.4, -0.2) is 34.0 Å².